The highest BCUT2D eigenvalue weighted by molar-refractivity contribution is 5.94. The van der Waals surface area contributed by atoms with Crippen LogP contribution in [0.5, 0.6) is 0 Å². The number of benzene rings is 1. The first-order valence-corrected chi connectivity index (χ1v) is 4.90. The van der Waals surface area contributed by atoms with Crippen LogP contribution in [-0.4, -0.2) is 18.0 Å². The Hall–Kier alpha value is -1.42. The second-order valence-electron chi connectivity index (χ2n) is 3.94. The molecule has 2 atom stereocenters. The van der Waals surface area contributed by atoms with Crippen molar-refractivity contribution < 1.29 is 9.18 Å². The van der Waals surface area contributed by atoms with Crippen molar-refractivity contribution >= 4 is 5.91 Å². The Morgan fingerprint density at radius 3 is 2.80 bits per heavy atom. The standard InChI is InChI=1S/C11H13FN2O/c1-6-2-3-7(4-8(6)12)11(15)14-10-5-9(10)13/h2-4,9-10H,5,13H2,1H3,(H,14,15). The van der Waals surface area contributed by atoms with Crippen molar-refractivity contribution in [3.05, 3.63) is 35.1 Å². The summed E-state index contributed by atoms with van der Waals surface area (Å²) >= 11 is 0. The maximum atomic E-state index is 13.2. The summed E-state index contributed by atoms with van der Waals surface area (Å²) in [4.78, 5) is 11.6. The molecule has 15 heavy (non-hydrogen) atoms. The van der Waals surface area contributed by atoms with Crippen LogP contribution in [0.25, 0.3) is 0 Å². The van der Waals surface area contributed by atoms with Gasteiger partial charge in [0.25, 0.3) is 5.91 Å². The molecule has 0 bridgehead atoms. The molecule has 0 radical (unpaired) electrons. The van der Waals surface area contributed by atoms with Crippen molar-refractivity contribution in [1.82, 2.24) is 5.32 Å². The molecule has 1 aliphatic carbocycles. The van der Waals surface area contributed by atoms with E-state index >= 15 is 0 Å². The lowest BCUT2D eigenvalue weighted by atomic mass is 10.1. The van der Waals surface area contributed by atoms with Crippen LogP contribution < -0.4 is 11.1 Å². The zero-order valence-corrected chi connectivity index (χ0v) is 8.46. The Kier molecular flexibility index (Phi) is 2.44. The number of aryl methyl sites for hydroxylation is 1. The maximum Gasteiger partial charge on any atom is 0.251 e. The molecule has 4 heteroatoms. The van der Waals surface area contributed by atoms with E-state index in [0.29, 0.717) is 11.1 Å². The smallest absolute Gasteiger partial charge is 0.251 e. The number of amides is 1. The van der Waals surface area contributed by atoms with Gasteiger partial charge in [-0.1, -0.05) is 6.07 Å². The van der Waals surface area contributed by atoms with E-state index < -0.39 is 0 Å². The van der Waals surface area contributed by atoms with Crippen molar-refractivity contribution in [2.24, 2.45) is 5.73 Å². The molecule has 1 amide bonds. The molecule has 0 spiro atoms. The van der Waals surface area contributed by atoms with Gasteiger partial charge in [0.15, 0.2) is 0 Å². The lowest BCUT2D eigenvalue weighted by Crippen LogP contribution is -2.29. The number of halogens is 1. The molecule has 2 unspecified atom stereocenters. The molecule has 3 N–H and O–H groups in total. The fourth-order valence-electron chi connectivity index (χ4n) is 1.37. The van der Waals surface area contributed by atoms with Gasteiger partial charge in [0.2, 0.25) is 0 Å². The van der Waals surface area contributed by atoms with Crippen LogP contribution in [0, 0.1) is 12.7 Å². The Morgan fingerprint density at radius 2 is 2.27 bits per heavy atom. The highest BCUT2D eigenvalue weighted by Gasteiger charge is 2.34. The Labute approximate surface area is 87.5 Å². The fourth-order valence-corrected chi connectivity index (χ4v) is 1.37. The third-order valence-electron chi connectivity index (χ3n) is 2.59. The van der Waals surface area contributed by atoms with Crippen LogP contribution in [0.2, 0.25) is 0 Å². The zero-order valence-electron chi connectivity index (χ0n) is 8.46. The third kappa shape index (κ3) is 2.15. The summed E-state index contributed by atoms with van der Waals surface area (Å²) in [5.41, 5.74) is 6.44. The molecule has 1 saturated carbocycles. The Balaban J connectivity index is 2.08. The highest BCUT2D eigenvalue weighted by atomic mass is 19.1. The van der Waals surface area contributed by atoms with E-state index in [2.05, 4.69) is 5.32 Å². The lowest BCUT2D eigenvalue weighted by molar-refractivity contribution is 0.0950. The van der Waals surface area contributed by atoms with Crippen LogP contribution in [-0.2, 0) is 0 Å². The quantitative estimate of drug-likeness (QED) is 0.760. The molecule has 80 valence electrons. The molecule has 0 aromatic heterocycles. The van der Waals surface area contributed by atoms with Crippen molar-refractivity contribution in [2.75, 3.05) is 0 Å². The minimum Gasteiger partial charge on any atom is -0.348 e. The summed E-state index contributed by atoms with van der Waals surface area (Å²) in [6, 6.07) is 4.57. The molecule has 0 heterocycles. The molecular weight excluding hydrogens is 195 g/mol. The van der Waals surface area contributed by atoms with Gasteiger partial charge in [-0.2, -0.15) is 0 Å². The molecule has 3 nitrogen and oxygen atoms in total. The summed E-state index contributed by atoms with van der Waals surface area (Å²) in [5.74, 6) is -0.616. The molecule has 1 fully saturated rings. The predicted molar refractivity (Wildman–Crippen MR) is 55.0 cm³/mol. The van der Waals surface area contributed by atoms with E-state index in [1.807, 2.05) is 0 Å². The molecule has 1 aliphatic rings. The van der Waals surface area contributed by atoms with Gasteiger partial charge in [-0.15, -0.1) is 0 Å². The van der Waals surface area contributed by atoms with E-state index in [0.717, 1.165) is 6.42 Å². The second-order valence-corrected chi connectivity index (χ2v) is 3.94. The van der Waals surface area contributed by atoms with E-state index in [4.69, 9.17) is 5.73 Å². The normalized spacial score (nSPS) is 23.7. The molecule has 1 aromatic carbocycles. The molecule has 2 rings (SSSR count). The third-order valence-corrected chi connectivity index (χ3v) is 2.59. The zero-order chi connectivity index (χ0) is 11.0. The summed E-state index contributed by atoms with van der Waals surface area (Å²) in [6.07, 6.45) is 0.806. The summed E-state index contributed by atoms with van der Waals surface area (Å²) < 4.78 is 13.2. The van der Waals surface area contributed by atoms with Gasteiger partial charge >= 0.3 is 0 Å². The van der Waals surface area contributed by atoms with Crippen LogP contribution in [0.4, 0.5) is 4.39 Å². The Bertz CT molecular complexity index is 406. The molecule has 1 aromatic rings. The van der Waals surface area contributed by atoms with Crippen LogP contribution >= 0.6 is 0 Å². The minimum atomic E-state index is -0.359. The van der Waals surface area contributed by atoms with Gasteiger partial charge in [0.1, 0.15) is 5.82 Å². The van der Waals surface area contributed by atoms with E-state index in [1.165, 1.54) is 6.07 Å². The summed E-state index contributed by atoms with van der Waals surface area (Å²) in [6.45, 7) is 1.66. The van der Waals surface area contributed by atoms with Crippen LogP contribution in [0.1, 0.15) is 22.3 Å². The SMILES string of the molecule is Cc1ccc(C(=O)NC2CC2N)cc1F. The average Bonchev–Trinajstić information content (AvgIpc) is 2.86. The largest absolute Gasteiger partial charge is 0.348 e. The summed E-state index contributed by atoms with van der Waals surface area (Å²) in [5, 5.41) is 2.74. The van der Waals surface area contributed by atoms with Gasteiger partial charge in [-0.05, 0) is 31.0 Å². The number of carbonyl (C=O) groups excluding carboxylic acids is 1. The van der Waals surface area contributed by atoms with E-state index in [-0.39, 0.29) is 23.8 Å². The van der Waals surface area contributed by atoms with Crippen molar-refractivity contribution in [2.45, 2.75) is 25.4 Å². The van der Waals surface area contributed by atoms with Crippen molar-refractivity contribution in [3.63, 3.8) is 0 Å². The lowest BCUT2D eigenvalue weighted by Gasteiger charge is -2.04. The van der Waals surface area contributed by atoms with Crippen LogP contribution in [0.15, 0.2) is 18.2 Å². The number of carbonyl (C=O) groups is 1. The Morgan fingerprint density at radius 1 is 1.60 bits per heavy atom. The topological polar surface area (TPSA) is 55.1 Å². The number of hydrogen-bond donors (Lipinski definition) is 2. The molecule has 0 saturated heterocycles. The molecule has 0 aliphatic heterocycles. The van der Waals surface area contributed by atoms with Gasteiger partial charge in [-0.3, -0.25) is 4.79 Å². The number of rotatable bonds is 2. The maximum absolute atomic E-state index is 13.2. The number of nitrogens with two attached hydrogens (primary N) is 1. The van der Waals surface area contributed by atoms with Gasteiger partial charge in [-0.25, -0.2) is 4.39 Å². The van der Waals surface area contributed by atoms with Crippen molar-refractivity contribution in [3.8, 4) is 0 Å². The monoisotopic (exact) mass is 208 g/mol. The number of hydrogen-bond acceptors (Lipinski definition) is 2. The predicted octanol–water partition coefficient (Wildman–Crippen LogP) is 0.964. The minimum absolute atomic E-state index is 0.0573. The van der Waals surface area contributed by atoms with Gasteiger partial charge in [0.05, 0.1) is 0 Å². The van der Waals surface area contributed by atoms with E-state index in [1.54, 1.807) is 19.1 Å². The summed E-state index contributed by atoms with van der Waals surface area (Å²) in [7, 11) is 0. The first kappa shape index (κ1) is 10.1. The van der Waals surface area contributed by atoms with Gasteiger partial charge in [0, 0.05) is 17.6 Å². The number of nitrogens with one attached hydrogen (secondary N) is 1. The van der Waals surface area contributed by atoms with Crippen LogP contribution in [0.3, 0.4) is 0 Å². The van der Waals surface area contributed by atoms with E-state index in [9.17, 15) is 9.18 Å². The molecular formula is C11H13FN2O. The average molecular weight is 208 g/mol. The first-order valence-electron chi connectivity index (χ1n) is 4.90. The van der Waals surface area contributed by atoms with Gasteiger partial charge < -0.3 is 11.1 Å². The first-order chi connectivity index (χ1) is 7.08. The fraction of sp³-hybridized carbons (Fsp3) is 0.364. The second kappa shape index (κ2) is 3.62. The highest BCUT2D eigenvalue weighted by Crippen LogP contribution is 2.18. The van der Waals surface area contributed by atoms with Crippen molar-refractivity contribution in [1.29, 1.82) is 0 Å².